The first-order chi connectivity index (χ1) is 9.89. The molecule has 2 aliphatic rings. The lowest BCUT2D eigenvalue weighted by molar-refractivity contribution is -0.140. The van der Waals surface area contributed by atoms with E-state index >= 15 is 0 Å². The second kappa shape index (κ2) is 6.47. The normalized spacial score (nSPS) is 29.3. The molecular weight excluding hydrogens is 264 g/mol. The van der Waals surface area contributed by atoms with E-state index in [1.54, 1.807) is 0 Å². The maximum absolute atomic E-state index is 12.4. The summed E-state index contributed by atoms with van der Waals surface area (Å²) in [5.74, 6) is 0.740. The molecule has 0 aromatic heterocycles. The number of carbonyl (C=O) groups excluding carboxylic acids is 2. The lowest BCUT2D eigenvalue weighted by Crippen LogP contribution is -2.33. The quantitative estimate of drug-likeness (QED) is 0.580. The average Bonchev–Trinajstić information content (AvgIpc) is 2.97. The Balaban J connectivity index is 1.81. The molecule has 1 saturated carbocycles. The first-order valence-electron chi connectivity index (χ1n) is 8.45. The molecule has 2 fully saturated rings. The Bertz CT molecular complexity index is 382. The van der Waals surface area contributed by atoms with Gasteiger partial charge in [-0.2, -0.15) is 0 Å². The number of amides is 2. The van der Waals surface area contributed by atoms with Crippen LogP contribution in [0.5, 0.6) is 0 Å². The van der Waals surface area contributed by atoms with Crippen molar-refractivity contribution in [1.29, 1.82) is 0 Å². The largest absolute Gasteiger partial charge is 0.330 e. The van der Waals surface area contributed by atoms with E-state index in [9.17, 15) is 9.59 Å². The highest BCUT2D eigenvalue weighted by Crippen LogP contribution is 2.44. The van der Waals surface area contributed by atoms with Crippen LogP contribution in [0.1, 0.15) is 59.3 Å². The predicted octanol–water partition coefficient (Wildman–Crippen LogP) is 2.56. The fourth-order valence-corrected chi connectivity index (χ4v) is 3.73. The molecule has 1 aliphatic heterocycles. The maximum Gasteiger partial charge on any atom is 0.233 e. The molecule has 0 bridgehead atoms. The first-order valence-corrected chi connectivity index (χ1v) is 8.45. The van der Waals surface area contributed by atoms with Gasteiger partial charge in [-0.1, -0.05) is 33.6 Å². The zero-order chi connectivity index (χ0) is 15.6. The summed E-state index contributed by atoms with van der Waals surface area (Å²) < 4.78 is 0. The highest BCUT2D eigenvalue weighted by atomic mass is 16.2. The summed E-state index contributed by atoms with van der Waals surface area (Å²) in [6, 6.07) is 0. The molecule has 120 valence electrons. The van der Waals surface area contributed by atoms with Gasteiger partial charge in [-0.3, -0.25) is 14.5 Å². The number of nitrogens with zero attached hydrogens (tertiary/aromatic N) is 1. The van der Waals surface area contributed by atoms with Crippen LogP contribution in [0, 0.1) is 23.2 Å². The van der Waals surface area contributed by atoms with Gasteiger partial charge in [0.25, 0.3) is 0 Å². The van der Waals surface area contributed by atoms with Crippen LogP contribution in [0.25, 0.3) is 0 Å². The Morgan fingerprint density at radius 1 is 1.14 bits per heavy atom. The minimum absolute atomic E-state index is 0.0112. The Morgan fingerprint density at radius 2 is 1.71 bits per heavy atom. The van der Waals surface area contributed by atoms with Crippen molar-refractivity contribution < 1.29 is 9.59 Å². The van der Waals surface area contributed by atoms with Gasteiger partial charge in [0, 0.05) is 6.54 Å². The van der Waals surface area contributed by atoms with Crippen LogP contribution in [0.2, 0.25) is 0 Å². The summed E-state index contributed by atoms with van der Waals surface area (Å²) in [6.45, 7) is 7.75. The van der Waals surface area contributed by atoms with E-state index < -0.39 is 0 Å². The van der Waals surface area contributed by atoms with Crippen molar-refractivity contribution in [2.45, 2.75) is 59.3 Å². The topological polar surface area (TPSA) is 63.4 Å². The van der Waals surface area contributed by atoms with Crippen molar-refractivity contribution in [2.75, 3.05) is 13.1 Å². The smallest absolute Gasteiger partial charge is 0.233 e. The number of unbranched alkanes of at least 4 members (excludes halogenated alkanes) is 1. The molecule has 1 aliphatic carbocycles. The molecule has 0 spiro atoms. The van der Waals surface area contributed by atoms with Crippen LogP contribution < -0.4 is 5.73 Å². The van der Waals surface area contributed by atoms with Gasteiger partial charge in [-0.05, 0) is 43.6 Å². The van der Waals surface area contributed by atoms with Gasteiger partial charge >= 0.3 is 0 Å². The molecule has 0 radical (unpaired) electrons. The van der Waals surface area contributed by atoms with Crippen molar-refractivity contribution >= 4 is 11.8 Å². The van der Waals surface area contributed by atoms with E-state index in [1.165, 1.54) is 4.90 Å². The van der Waals surface area contributed by atoms with Gasteiger partial charge in [0.15, 0.2) is 0 Å². The molecule has 2 unspecified atom stereocenters. The Morgan fingerprint density at radius 3 is 2.19 bits per heavy atom. The predicted molar refractivity (Wildman–Crippen MR) is 83.4 cm³/mol. The van der Waals surface area contributed by atoms with Gasteiger partial charge in [-0.25, -0.2) is 0 Å². The lowest BCUT2D eigenvalue weighted by Gasteiger charge is -2.23. The van der Waals surface area contributed by atoms with E-state index in [2.05, 4.69) is 20.8 Å². The number of likely N-dealkylation sites (tertiary alicyclic amines) is 1. The summed E-state index contributed by atoms with van der Waals surface area (Å²) in [4.78, 5) is 26.3. The molecule has 0 aromatic carbocycles. The van der Waals surface area contributed by atoms with Crippen molar-refractivity contribution in [2.24, 2.45) is 28.9 Å². The van der Waals surface area contributed by atoms with Gasteiger partial charge in [0.05, 0.1) is 11.8 Å². The van der Waals surface area contributed by atoms with Crippen molar-refractivity contribution in [3.63, 3.8) is 0 Å². The monoisotopic (exact) mass is 294 g/mol. The molecule has 4 heteroatoms. The lowest BCUT2D eigenvalue weighted by atomic mass is 9.87. The molecule has 2 rings (SSSR count). The standard InChI is InChI=1S/C17H30N2O2/c1-4-12-9-13-14(10-12)16(21)19(15(13)20)8-6-5-7-17(2,3)11-18/h12-14H,4-11,18H2,1-3H3. The van der Waals surface area contributed by atoms with E-state index in [4.69, 9.17) is 5.73 Å². The van der Waals surface area contributed by atoms with Crippen LogP contribution in [0.15, 0.2) is 0 Å². The Kier molecular flexibility index (Phi) is 5.07. The van der Waals surface area contributed by atoms with Crippen molar-refractivity contribution in [3.05, 3.63) is 0 Å². The third kappa shape index (κ3) is 3.47. The Labute approximate surface area is 128 Å². The molecule has 2 atom stereocenters. The second-order valence-electron chi connectivity index (χ2n) is 7.61. The number of fused-ring (bicyclic) bond motifs is 1. The van der Waals surface area contributed by atoms with Gasteiger partial charge in [-0.15, -0.1) is 0 Å². The third-order valence-electron chi connectivity index (χ3n) is 5.44. The fourth-order valence-electron chi connectivity index (χ4n) is 3.73. The highest BCUT2D eigenvalue weighted by molar-refractivity contribution is 6.05. The fraction of sp³-hybridized carbons (Fsp3) is 0.882. The molecule has 2 amide bonds. The zero-order valence-electron chi connectivity index (χ0n) is 13.7. The number of hydrogen-bond acceptors (Lipinski definition) is 3. The minimum Gasteiger partial charge on any atom is -0.330 e. The number of imide groups is 1. The van der Waals surface area contributed by atoms with Crippen molar-refractivity contribution in [1.82, 2.24) is 4.90 Å². The number of nitrogens with two attached hydrogens (primary N) is 1. The summed E-state index contributed by atoms with van der Waals surface area (Å²) in [6.07, 6.45) is 5.89. The van der Waals surface area contributed by atoms with Crippen LogP contribution >= 0.6 is 0 Å². The second-order valence-corrected chi connectivity index (χ2v) is 7.61. The van der Waals surface area contributed by atoms with Gasteiger partial charge in [0.2, 0.25) is 11.8 Å². The molecule has 4 nitrogen and oxygen atoms in total. The number of hydrogen-bond donors (Lipinski definition) is 1. The van der Waals surface area contributed by atoms with Crippen LogP contribution in [0.4, 0.5) is 0 Å². The number of carbonyl (C=O) groups is 2. The Hall–Kier alpha value is -0.900. The van der Waals surface area contributed by atoms with Crippen molar-refractivity contribution in [3.8, 4) is 0 Å². The molecule has 21 heavy (non-hydrogen) atoms. The van der Waals surface area contributed by atoms with Crippen LogP contribution in [0.3, 0.4) is 0 Å². The third-order valence-corrected chi connectivity index (χ3v) is 5.44. The van der Waals surface area contributed by atoms with E-state index in [-0.39, 0.29) is 29.1 Å². The van der Waals surface area contributed by atoms with Gasteiger partial charge in [0.1, 0.15) is 0 Å². The highest BCUT2D eigenvalue weighted by Gasteiger charge is 2.51. The summed E-state index contributed by atoms with van der Waals surface area (Å²) in [7, 11) is 0. The maximum atomic E-state index is 12.4. The van der Waals surface area contributed by atoms with Crippen LogP contribution in [-0.4, -0.2) is 29.8 Å². The molecule has 0 aromatic rings. The molecule has 1 saturated heterocycles. The number of rotatable bonds is 7. The van der Waals surface area contributed by atoms with E-state index in [1.807, 2.05) is 0 Å². The molecule has 2 N–H and O–H groups in total. The molecule has 1 heterocycles. The summed E-state index contributed by atoms with van der Waals surface area (Å²) >= 11 is 0. The van der Waals surface area contributed by atoms with Gasteiger partial charge < -0.3 is 5.73 Å². The van der Waals surface area contributed by atoms with E-state index in [0.29, 0.717) is 19.0 Å². The zero-order valence-corrected chi connectivity index (χ0v) is 13.7. The summed E-state index contributed by atoms with van der Waals surface area (Å²) in [5.41, 5.74) is 5.88. The minimum atomic E-state index is -0.0112. The SMILES string of the molecule is CCC1CC2C(=O)N(CCCCC(C)(C)CN)C(=O)C2C1. The van der Waals surface area contributed by atoms with E-state index in [0.717, 1.165) is 38.5 Å². The average molecular weight is 294 g/mol. The molecular formula is C17H30N2O2. The van der Waals surface area contributed by atoms with Crippen LogP contribution in [-0.2, 0) is 9.59 Å². The summed E-state index contributed by atoms with van der Waals surface area (Å²) in [5, 5.41) is 0. The first kappa shape index (κ1) is 16.5.